The van der Waals surface area contributed by atoms with Gasteiger partial charge >= 0.3 is 5.97 Å². The molecule has 0 saturated carbocycles. The van der Waals surface area contributed by atoms with Crippen LogP contribution in [0.15, 0.2) is 0 Å². The first-order chi connectivity index (χ1) is 6.50. The van der Waals surface area contributed by atoms with Crippen LogP contribution >= 0.6 is 11.8 Å². The van der Waals surface area contributed by atoms with Crippen LogP contribution in [0.4, 0.5) is 0 Å². The Morgan fingerprint density at radius 1 is 1.43 bits per heavy atom. The third-order valence-electron chi connectivity index (χ3n) is 2.53. The molecule has 0 aromatic carbocycles. The van der Waals surface area contributed by atoms with E-state index in [2.05, 4.69) is 4.74 Å². The van der Waals surface area contributed by atoms with Crippen molar-refractivity contribution in [3.8, 4) is 0 Å². The van der Waals surface area contributed by atoms with Gasteiger partial charge in [-0.15, -0.1) is 0 Å². The highest BCUT2D eigenvalue weighted by atomic mass is 32.2. The van der Waals surface area contributed by atoms with Gasteiger partial charge in [-0.3, -0.25) is 9.59 Å². The predicted molar refractivity (Wildman–Crippen MR) is 56.3 cm³/mol. The fourth-order valence-corrected chi connectivity index (χ4v) is 2.94. The Bertz CT molecular complexity index is 242. The number of esters is 1. The van der Waals surface area contributed by atoms with Gasteiger partial charge in [-0.2, -0.15) is 11.8 Å². The molecule has 0 radical (unpaired) electrons. The zero-order valence-corrected chi connectivity index (χ0v) is 9.65. The maximum atomic E-state index is 11.9. The summed E-state index contributed by atoms with van der Waals surface area (Å²) in [6.07, 6.45) is 1.96. The number of hydrogen-bond acceptors (Lipinski definition) is 4. The average Bonchev–Trinajstić information content (AvgIpc) is 2.67. The molecule has 14 heavy (non-hydrogen) atoms. The lowest BCUT2D eigenvalue weighted by atomic mass is 9.85. The fourth-order valence-electron chi connectivity index (χ4n) is 1.54. The third kappa shape index (κ3) is 2.11. The van der Waals surface area contributed by atoms with Gasteiger partial charge in [0, 0.05) is 0 Å². The summed E-state index contributed by atoms with van der Waals surface area (Å²) in [6.45, 7) is 3.28. The van der Waals surface area contributed by atoms with E-state index < -0.39 is 11.4 Å². The largest absolute Gasteiger partial charge is 0.468 e. The lowest BCUT2D eigenvalue weighted by molar-refractivity contribution is -0.155. The molecule has 1 atom stereocenters. The molecule has 0 aliphatic carbocycles. The van der Waals surface area contributed by atoms with Crippen molar-refractivity contribution in [3.05, 3.63) is 0 Å². The summed E-state index contributed by atoms with van der Waals surface area (Å²) in [6, 6.07) is 0. The van der Waals surface area contributed by atoms with E-state index in [4.69, 9.17) is 0 Å². The molecule has 1 aliphatic rings. The van der Waals surface area contributed by atoms with Crippen LogP contribution in [0.5, 0.6) is 0 Å². The Morgan fingerprint density at radius 3 is 2.50 bits per heavy atom. The second-order valence-corrected chi connectivity index (χ2v) is 5.29. The van der Waals surface area contributed by atoms with Gasteiger partial charge < -0.3 is 4.74 Å². The zero-order chi connectivity index (χ0) is 10.8. The van der Waals surface area contributed by atoms with Crippen LogP contribution in [-0.2, 0) is 14.3 Å². The number of ketones is 1. The van der Waals surface area contributed by atoms with Crippen LogP contribution in [0.25, 0.3) is 0 Å². The smallest absolute Gasteiger partial charge is 0.318 e. The summed E-state index contributed by atoms with van der Waals surface area (Å²) in [5.41, 5.74) is -0.989. The van der Waals surface area contributed by atoms with E-state index in [0.29, 0.717) is 0 Å². The van der Waals surface area contributed by atoms with Crippen molar-refractivity contribution in [1.82, 2.24) is 0 Å². The molecule has 3 nitrogen and oxygen atoms in total. The number of carbonyl (C=O) groups excluding carboxylic acids is 2. The van der Waals surface area contributed by atoms with E-state index in [9.17, 15) is 9.59 Å². The van der Waals surface area contributed by atoms with Gasteiger partial charge in [0.15, 0.2) is 5.78 Å². The lowest BCUT2D eigenvalue weighted by Crippen LogP contribution is -2.39. The molecular formula is C10H16O3S. The highest BCUT2D eigenvalue weighted by molar-refractivity contribution is 8.00. The molecule has 1 rings (SSSR count). The molecule has 0 aromatic rings. The van der Waals surface area contributed by atoms with Crippen LogP contribution in [0.3, 0.4) is 0 Å². The first-order valence-corrected chi connectivity index (χ1v) is 5.79. The van der Waals surface area contributed by atoms with Crippen LogP contribution in [0, 0.1) is 5.41 Å². The van der Waals surface area contributed by atoms with Gasteiger partial charge in [0.25, 0.3) is 0 Å². The molecule has 0 bridgehead atoms. The van der Waals surface area contributed by atoms with Crippen molar-refractivity contribution >= 4 is 23.5 Å². The Labute approximate surface area is 88.6 Å². The molecule has 1 aliphatic heterocycles. The number of methoxy groups -OCH3 is 1. The molecule has 4 heteroatoms. The van der Waals surface area contributed by atoms with Crippen LogP contribution < -0.4 is 0 Å². The minimum atomic E-state index is -0.989. The van der Waals surface area contributed by atoms with E-state index >= 15 is 0 Å². The Balaban J connectivity index is 2.70. The fraction of sp³-hybridized carbons (Fsp3) is 0.800. The van der Waals surface area contributed by atoms with Crippen molar-refractivity contribution in [2.24, 2.45) is 5.41 Å². The number of hydrogen-bond donors (Lipinski definition) is 0. The first-order valence-electron chi connectivity index (χ1n) is 4.74. The summed E-state index contributed by atoms with van der Waals surface area (Å²) < 4.78 is 4.63. The number of rotatable bonds is 3. The zero-order valence-electron chi connectivity index (χ0n) is 8.83. The van der Waals surface area contributed by atoms with E-state index in [1.807, 2.05) is 0 Å². The minimum Gasteiger partial charge on any atom is -0.468 e. The molecular weight excluding hydrogens is 200 g/mol. The van der Waals surface area contributed by atoms with Gasteiger partial charge in [0.1, 0.15) is 5.41 Å². The Kier molecular flexibility index (Phi) is 3.59. The van der Waals surface area contributed by atoms with Crippen LogP contribution in [0.2, 0.25) is 0 Å². The molecule has 80 valence electrons. The SMILES string of the molecule is COC(=O)C(C)(C)C(=O)C1CCCS1. The molecule has 0 aromatic heterocycles. The summed E-state index contributed by atoms with van der Waals surface area (Å²) in [7, 11) is 1.32. The van der Waals surface area contributed by atoms with Crippen LogP contribution in [0.1, 0.15) is 26.7 Å². The second-order valence-electron chi connectivity index (χ2n) is 3.98. The number of Topliss-reactive ketones (excluding diaryl/α,β-unsaturated/α-hetero) is 1. The summed E-state index contributed by atoms with van der Waals surface area (Å²) >= 11 is 1.65. The highest BCUT2D eigenvalue weighted by Crippen LogP contribution is 2.33. The van der Waals surface area contributed by atoms with Crippen molar-refractivity contribution in [2.45, 2.75) is 31.9 Å². The summed E-state index contributed by atoms with van der Waals surface area (Å²) in [5.74, 6) is 0.593. The summed E-state index contributed by atoms with van der Waals surface area (Å²) in [4.78, 5) is 23.3. The van der Waals surface area contributed by atoms with Gasteiger partial charge in [0.2, 0.25) is 0 Å². The van der Waals surface area contributed by atoms with E-state index in [1.54, 1.807) is 25.6 Å². The maximum absolute atomic E-state index is 11.9. The molecule has 0 spiro atoms. The van der Waals surface area contributed by atoms with Gasteiger partial charge in [-0.05, 0) is 32.4 Å². The van der Waals surface area contributed by atoms with Crippen molar-refractivity contribution in [3.63, 3.8) is 0 Å². The molecule has 1 saturated heterocycles. The normalized spacial score (nSPS) is 22.1. The average molecular weight is 216 g/mol. The van der Waals surface area contributed by atoms with Crippen molar-refractivity contribution in [2.75, 3.05) is 12.9 Å². The molecule has 0 amide bonds. The molecule has 0 N–H and O–H groups in total. The number of ether oxygens (including phenoxy) is 1. The maximum Gasteiger partial charge on any atom is 0.318 e. The highest BCUT2D eigenvalue weighted by Gasteiger charge is 2.42. The quantitative estimate of drug-likeness (QED) is 0.531. The van der Waals surface area contributed by atoms with E-state index in [0.717, 1.165) is 18.6 Å². The third-order valence-corrected chi connectivity index (χ3v) is 3.91. The number of carbonyl (C=O) groups is 2. The molecule has 1 unspecified atom stereocenters. The van der Waals surface area contributed by atoms with E-state index in [-0.39, 0.29) is 11.0 Å². The lowest BCUT2D eigenvalue weighted by Gasteiger charge is -2.22. The summed E-state index contributed by atoms with van der Waals surface area (Å²) in [5, 5.41) is -0.0101. The van der Waals surface area contributed by atoms with E-state index in [1.165, 1.54) is 7.11 Å². The standard InChI is InChI=1S/C10H16O3S/c1-10(2,9(12)13-3)8(11)7-5-4-6-14-7/h7H,4-6H2,1-3H3. The van der Waals surface area contributed by atoms with Gasteiger partial charge in [-0.25, -0.2) is 0 Å². The number of thioether (sulfide) groups is 1. The first kappa shape index (κ1) is 11.6. The van der Waals surface area contributed by atoms with Crippen LogP contribution in [-0.4, -0.2) is 29.9 Å². The topological polar surface area (TPSA) is 43.4 Å². The second kappa shape index (κ2) is 4.34. The van der Waals surface area contributed by atoms with Gasteiger partial charge in [-0.1, -0.05) is 0 Å². The van der Waals surface area contributed by atoms with Gasteiger partial charge in [0.05, 0.1) is 12.4 Å². The molecule has 1 fully saturated rings. The monoisotopic (exact) mass is 216 g/mol. The molecule has 1 heterocycles. The van der Waals surface area contributed by atoms with Crippen molar-refractivity contribution in [1.29, 1.82) is 0 Å². The van der Waals surface area contributed by atoms with Crippen molar-refractivity contribution < 1.29 is 14.3 Å². The Morgan fingerprint density at radius 2 is 2.07 bits per heavy atom. The predicted octanol–water partition coefficient (Wildman–Crippen LogP) is 1.65. The Hall–Kier alpha value is -0.510. The minimum absolute atomic E-state index is 0.00634.